The molecule has 9 nitrogen and oxygen atoms in total. The fraction of sp³-hybridized carbons (Fsp3) is 0.500. The lowest BCUT2D eigenvalue weighted by Crippen LogP contribution is -2.46. The van der Waals surface area contributed by atoms with Gasteiger partial charge in [0.05, 0.1) is 10.8 Å². The van der Waals surface area contributed by atoms with Gasteiger partial charge in [0.15, 0.2) is 6.10 Å². The van der Waals surface area contributed by atoms with Crippen molar-refractivity contribution in [1.29, 1.82) is 0 Å². The zero-order valence-corrected chi connectivity index (χ0v) is 17.0. The molecule has 1 aromatic rings. The fourth-order valence-corrected chi connectivity index (χ4v) is 4.37. The fourth-order valence-electron chi connectivity index (χ4n) is 2.85. The van der Waals surface area contributed by atoms with E-state index >= 15 is 0 Å². The number of carbonyl (C=O) groups is 3. The molecule has 1 fully saturated rings. The molecular formula is C18H24FN3O6S. The number of rotatable bonds is 6. The number of amides is 3. The van der Waals surface area contributed by atoms with E-state index in [2.05, 4.69) is 5.32 Å². The van der Waals surface area contributed by atoms with Crippen molar-refractivity contribution in [2.24, 2.45) is 5.92 Å². The Bertz CT molecular complexity index is 859. The van der Waals surface area contributed by atoms with Crippen LogP contribution in [-0.4, -0.2) is 56.4 Å². The Morgan fingerprint density at radius 1 is 1.28 bits per heavy atom. The minimum absolute atomic E-state index is 0.0670. The number of benzene rings is 1. The number of sulfonamides is 1. The minimum Gasteiger partial charge on any atom is -0.452 e. The van der Waals surface area contributed by atoms with Gasteiger partial charge in [0.25, 0.3) is 5.91 Å². The monoisotopic (exact) mass is 429 g/mol. The van der Waals surface area contributed by atoms with E-state index in [1.54, 1.807) is 6.92 Å². The molecule has 0 saturated carbocycles. The summed E-state index contributed by atoms with van der Waals surface area (Å²) in [6, 6.07) is 3.74. The molecule has 3 amide bonds. The molecule has 29 heavy (non-hydrogen) atoms. The second-order valence-electron chi connectivity index (χ2n) is 6.58. The number of hydrogen-bond donors (Lipinski definition) is 2. The molecule has 11 heteroatoms. The maximum absolute atomic E-state index is 13.1. The van der Waals surface area contributed by atoms with Gasteiger partial charge in [0.2, 0.25) is 10.0 Å². The van der Waals surface area contributed by atoms with Gasteiger partial charge in [-0.2, -0.15) is 4.31 Å². The quantitative estimate of drug-likeness (QED) is 0.651. The smallest absolute Gasteiger partial charge is 0.321 e. The van der Waals surface area contributed by atoms with E-state index in [1.807, 2.05) is 5.32 Å². The average molecular weight is 429 g/mol. The number of nitrogens with one attached hydrogen (secondary N) is 2. The van der Waals surface area contributed by atoms with E-state index < -0.39 is 45.8 Å². The van der Waals surface area contributed by atoms with Crippen molar-refractivity contribution in [1.82, 2.24) is 14.9 Å². The van der Waals surface area contributed by atoms with Crippen LogP contribution in [0.5, 0.6) is 0 Å². The molecule has 2 unspecified atom stereocenters. The van der Waals surface area contributed by atoms with Gasteiger partial charge in [-0.15, -0.1) is 0 Å². The first kappa shape index (κ1) is 22.8. The van der Waals surface area contributed by atoms with Gasteiger partial charge in [0.1, 0.15) is 5.82 Å². The van der Waals surface area contributed by atoms with Crippen LogP contribution in [0.15, 0.2) is 29.2 Å². The SMILES string of the molecule is CCNC(=O)NC(=O)C(C)OC(=O)C1CCCN(S(=O)(=O)c2ccc(F)cc2)C1. The number of halogens is 1. The summed E-state index contributed by atoms with van der Waals surface area (Å²) in [5.41, 5.74) is 0. The molecule has 0 bridgehead atoms. The summed E-state index contributed by atoms with van der Waals surface area (Å²) in [6.45, 7) is 3.44. The molecule has 0 aromatic heterocycles. The van der Waals surface area contributed by atoms with Crippen LogP contribution < -0.4 is 10.6 Å². The number of imide groups is 1. The highest BCUT2D eigenvalue weighted by atomic mass is 32.2. The third kappa shape index (κ3) is 5.97. The van der Waals surface area contributed by atoms with E-state index in [-0.39, 0.29) is 18.0 Å². The van der Waals surface area contributed by atoms with Gasteiger partial charge < -0.3 is 10.1 Å². The number of urea groups is 1. The highest BCUT2D eigenvalue weighted by molar-refractivity contribution is 7.89. The third-order valence-electron chi connectivity index (χ3n) is 4.41. The van der Waals surface area contributed by atoms with Crippen molar-refractivity contribution in [2.75, 3.05) is 19.6 Å². The van der Waals surface area contributed by atoms with Crippen molar-refractivity contribution in [2.45, 2.75) is 37.7 Å². The lowest BCUT2D eigenvalue weighted by Gasteiger charge is -2.31. The first-order valence-corrected chi connectivity index (χ1v) is 10.6. The summed E-state index contributed by atoms with van der Waals surface area (Å²) in [7, 11) is -3.89. The Morgan fingerprint density at radius 2 is 1.93 bits per heavy atom. The van der Waals surface area contributed by atoms with Crippen molar-refractivity contribution in [3.05, 3.63) is 30.1 Å². The maximum Gasteiger partial charge on any atom is 0.321 e. The Morgan fingerprint density at radius 3 is 2.55 bits per heavy atom. The molecule has 0 radical (unpaired) electrons. The van der Waals surface area contributed by atoms with E-state index in [1.165, 1.54) is 19.1 Å². The van der Waals surface area contributed by atoms with E-state index in [9.17, 15) is 27.2 Å². The summed E-state index contributed by atoms with van der Waals surface area (Å²) in [5, 5.41) is 4.43. The first-order chi connectivity index (χ1) is 13.6. The molecule has 1 aromatic carbocycles. The van der Waals surface area contributed by atoms with Crippen LogP contribution in [0.2, 0.25) is 0 Å². The lowest BCUT2D eigenvalue weighted by atomic mass is 10.00. The molecule has 1 saturated heterocycles. The normalized spacial score (nSPS) is 18.5. The number of piperidine rings is 1. The Hall–Kier alpha value is -2.53. The highest BCUT2D eigenvalue weighted by Crippen LogP contribution is 2.25. The van der Waals surface area contributed by atoms with Gasteiger partial charge in [-0.25, -0.2) is 17.6 Å². The number of ether oxygens (including phenoxy) is 1. The molecule has 1 aliphatic heterocycles. The number of nitrogens with zero attached hydrogens (tertiary/aromatic N) is 1. The summed E-state index contributed by atoms with van der Waals surface area (Å²) in [4.78, 5) is 35.6. The van der Waals surface area contributed by atoms with E-state index in [0.717, 1.165) is 16.4 Å². The Labute approximate surface area is 168 Å². The average Bonchev–Trinajstić information content (AvgIpc) is 2.68. The zero-order valence-electron chi connectivity index (χ0n) is 16.2. The van der Waals surface area contributed by atoms with Crippen LogP contribution in [-0.2, 0) is 24.3 Å². The highest BCUT2D eigenvalue weighted by Gasteiger charge is 2.35. The second-order valence-corrected chi connectivity index (χ2v) is 8.52. The number of esters is 1. The van der Waals surface area contributed by atoms with Crippen molar-refractivity contribution in [3.8, 4) is 0 Å². The van der Waals surface area contributed by atoms with Crippen molar-refractivity contribution >= 4 is 27.9 Å². The number of hydrogen-bond acceptors (Lipinski definition) is 6. The number of carbonyl (C=O) groups excluding carboxylic acids is 3. The van der Waals surface area contributed by atoms with E-state index in [4.69, 9.17) is 4.74 Å². The van der Waals surface area contributed by atoms with Crippen LogP contribution in [0.4, 0.5) is 9.18 Å². The second kappa shape index (κ2) is 9.79. The van der Waals surface area contributed by atoms with Crippen LogP contribution in [0, 0.1) is 11.7 Å². The van der Waals surface area contributed by atoms with Crippen LogP contribution in [0.25, 0.3) is 0 Å². The zero-order chi connectivity index (χ0) is 21.6. The predicted octanol–water partition coefficient (Wildman–Crippen LogP) is 1.00. The van der Waals surface area contributed by atoms with E-state index in [0.29, 0.717) is 19.4 Å². The minimum atomic E-state index is -3.89. The lowest BCUT2D eigenvalue weighted by molar-refractivity contribution is -0.159. The molecule has 1 aliphatic rings. The molecule has 160 valence electrons. The summed E-state index contributed by atoms with van der Waals surface area (Å²) >= 11 is 0. The van der Waals surface area contributed by atoms with Gasteiger partial charge >= 0.3 is 12.0 Å². The maximum atomic E-state index is 13.1. The van der Waals surface area contributed by atoms with Crippen LogP contribution >= 0.6 is 0 Å². The van der Waals surface area contributed by atoms with Gasteiger partial charge in [-0.05, 0) is 51.0 Å². The van der Waals surface area contributed by atoms with Gasteiger partial charge in [-0.1, -0.05) is 0 Å². The molecule has 2 rings (SSSR count). The van der Waals surface area contributed by atoms with Crippen molar-refractivity contribution in [3.63, 3.8) is 0 Å². The summed E-state index contributed by atoms with van der Waals surface area (Å²) in [5.74, 6) is -2.80. The van der Waals surface area contributed by atoms with Crippen LogP contribution in [0.3, 0.4) is 0 Å². The molecule has 2 atom stereocenters. The molecule has 1 heterocycles. The Balaban J connectivity index is 1.99. The molecule has 0 aliphatic carbocycles. The standard InChI is InChI=1S/C18H24FN3O6S/c1-3-20-18(25)21-16(23)12(2)28-17(24)13-5-4-10-22(11-13)29(26,27)15-8-6-14(19)7-9-15/h6-9,12-13H,3-5,10-11H2,1-2H3,(H2,20,21,23,25). The largest absolute Gasteiger partial charge is 0.452 e. The predicted molar refractivity (Wildman–Crippen MR) is 101 cm³/mol. The molecule has 2 N–H and O–H groups in total. The third-order valence-corrected chi connectivity index (χ3v) is 6.28. The summed E-state index contributed by atoms with van der Waals surface area (Å²) in [6.07, 6.45) is -0.382. The summed E-state index contributed by atoms with van der Waals surface area (Å²) < 4.78 is 44.8. The topological polar surface area (TPSA) is 122 Å². The first-order valence-electron chi connectivity index (χ1n) is 9.20. The van der Waals surface area contributed by atoms with Crippen molar-refractivity contribution < 1.29 is 31.9 Å². The Kier molecular flexibility index (Phi) is 7.68. The van der Waals surface area contributed by atoms with Gasteiger partial charge in [-0.3, -0.25) is 14.9 Å². The van der Waals surface area contributed by atoms with Crippen LogP contribution in [0.1, 0.15) is 26.7 Å². The molecular weight excluding hydrogens is 405 g/mol. The van der Waals surface area contributed by atoms with Gasteiger partial charge in [0, 0.05) is 19.6 Å². The molecule has 0 spiro atoms.